The molecule has 0 saturated carbocycles. The zero-order chi connectivity index (χ0) is 13.5. The van der Waals surface area contributed by atoms with E-state index in [9.17, 15) is 4.79 Å². The number of hydrogen-bond acceptors (Lipinski definition) is 3. The Balaban J connectivity index is 2.61. The Bertz CT molecular complexity index is 424. The van der Waals surface area contributed by atoms with Crippen LogP contribution in [-0.4, -0.2) is 25.1 Å². The second-order valence-electron chi connectivity index (χ2n) is 4.19. The van der Waals surface area contributed by atoms with Crippen LogP contribution >= 0.6 is 0 Å². The summed E-state index contributed by atoms with van der Waals surface area (Å²) in [4.78, 5) is 15.4. The fourth-order valence-corrected chi connectivity index (χ4v) is 1.38. The van der Waals surface area contributed by atoms with Gasteiger partial charge in [0, 0.05) is 6.04 Å². The Morgan fingerprint density at radius 1 is 1.39 bits per heavy atom. The normalized spacial score (nSPS) is 11.4. The van der Waals surface area contributed by atoms with Gasteiger partial charge in [0.25, 0.3) is 0 Å². The number of benzene rings is 1. The first kappa shape index (κ1) is 14.0. The monoisotopic (exact) mass is 249 g/mol. The van der Waals surface area contributed by atoms with Gasteiger partial charge < -0.3 is 15.8 Å². The second kappa shape index (κ2) is 6.64. The van der Waals surface area contributed by atoms with Crippen molar-refractivity contribution in [2.75, 3.05) is 7.11 Å². The summed E-state index contributed by atoms with van der Waals surface area (Å²) in [5, 5.41) is 3.01. The molecular weight excluding hydrogens is 230 g/mol. The highest BCUT2D eigenvalue weighted by Gasteiger charge is 2.04. The fraction of sp³-hybridized carbons (Fsp3) is 0.385. The SMILES string of the molecule is COC(=O)c1ccc(CN=C(N)NC(C)C)cc1. The van der Waals surface area contributed by atoms with Gasteiger partial charge in [0.1, 0.15) is 0 Å². The summed E-state index contributed by atoms with van der Waals surface area (Å²) in [5.74, 6) is 0.0769. The van der Waals surface area contributed by atoms with E-state index >= 15 is 0 Å². The first-order valence-corrected chi connectivity index (χ1v) is 5.76. The van der Waals surface area contributed by atoms with Crippen molar-refractivity contribution < 1.29 is 9.53 Å². The lowest BCUT2D eigenvalue weighted by atomic mass is 10.1. The summed E-state index contributed by atoms with van der Waals surface area (Å²) in [6.45, 7) is 4.47. The van der Waals surface area contributed by atoms with Crippen LogP contribution in [-0.2, 0) is 11.3 Å². The number of aliphatic imine (C=N–C) groups is 1. The van der Waals surface area contributed by atoms with Crippen molar-refractivity contribution in [3.8, 4) is 0 Å². The number of methoxy groups -OCH3 is 1. The van der Waals surface area contributed by atoms with E-state index in [2.05, 4.69) is 15.0 Å². The number of guanidine groups is 1. The van der Waals surface area contributed by atoms with Gasteiger partial charge in [-0.15, -0.1) is 0 Å². The molecule has 0 bridgehead atoms. The van der Waals surface area contributed by atoms with Crippen LogP contribution in [0.5, 0.6) is 0 Å². The molecule has 0 amide bonds. The van der Waals surface area contributed by atoms with Crippen molar-refractivity contribution in [2.45, 2.75) is 26.4 Å². The van der Waals surface area contributed by atoms with Crippen molar-refractivity contribution in [3.63, 3.8) is 0 Å². The van der Waals surface area contributed by atoms with Crippen LogP contribution < -0.4 is 11.1 Å². The average molecular weight is 249 g/mol. The van der Waals surface area contributed by atoms with E-state index in [1.807, 2.05) is 26.0 Å². The highest BCUT2D eigenvalue weighted by atomic mass is 16.5. The molecule has 1 aromatic rings. The topological polar surface area (TPSA) is 76.7 Å². The lowest BCUT2D eigenvalue weighted by molar-refractivity contribution is 0.0600. The average Bonchev–Trinajstić information content (AvgIpc) is 2.35. The molecular formula is C13H19N3O2. The van der Waals surface area contributed by atoms with Gasteiger partial charge in [-0.25, -0.2) is 9.79 Å². The second-order valence-corrected chi connectivity index (χ2v) is 4.19. The Hall–Kier alpha value is -2.04. The quantitative estimate of drug-likeness (QED) is 0.479. The highest BCUT2D eigenvalue weighted by molar-refractivity contribution is 5.89. The van der Waals surface area contributed by atoms with Crippen molar-refractivity contribution in [3.05, 3.63) is 35.4 Å². The Morgan fingerprint density at radius 2 is 2.00 bits per heavy atom. The standard InChI is InChI=1S/C13H19N3O2/c1-9(2)16-13(14)15-8-10-4-6-11(7-5-10)12(17)18-3/h4-7,9H,8H2,1-3H3,(H3,14,15,16). The third-order valence-electron chi connectivity index (χ3n) is 2.24. The van der Waals surface area contributed by atoms with E-state index in [0.717, 1.165) is 5.56 Å². The molecule has 0 unspecified atom stereocenters. The van der Waals surface area contributed by atoms with Gasteiger partial charge in [-0.3, -0.25) is 0 Å². The lowest BCUT2D eigenvalue weighted by Gasteiger charge is -2.08. The number of hydrogen-bond donors (Lipinski definition) is 2. The molecule has 5 heteroatoms. The smallest absolute Gasteiger partial charge is 0.337 e. The van der Waals surface area contributed by atoms with E-state index in [-0.39, 0.29) is 12.0 Å². The summed E-state index contributed by atoms with van der Waals surface area (Å²) < 4.78 is 4.62. The van der Waals surface area contributed by atoms with Gasteiger partial charge in [0.05, 0.1) is 19.2 Å². The van der Waals surface area contributed by atoms with Gasteiger partial charge >= 0.3 is 5.97 Å². The van der Waals surface area contributed by atoms with Crippen LogP contribution in [0.25, 0.3) is 0 Å². The first-order chi connectivity index (χ1) is 8.52. The minimum atomic E-state index is -0.342. The number of nitrogens with zero attached hydrogens (tertiary/aromatic N) is 1. The maximum Gasteiger partial charge on any atom is 0.337 e. The summed E-state index contributed by atoms with van der Waals surface area (Å²) in [6, 6.07) is 7.35. The largest absolute Gasteiger partial charge is 0.465 e. The molecule has 0 aliphatic carbocycles. The van der Waals surface area contributed by atoms with Gasteiger partial charge in [0.15, 0.2) is 5.96 Å². The van der Waals surface area contributed by atoms with E-state index in [0.29, 0.717) is 18.1 Å². The summed E-state index contributed by atoms with van der Waals surface area (Å²) in [7, 11) is 1.36. The molecule has 0 heterocycles. The molecule has 0 aromatic heterocycles. The van der Waals surface area contributed by atoms with Gasteiger partial charge in [-0.05, 0) is 31.5 Å². The van der Waals surface area contributed by atoms with Crippen LogP contribution in [0.2, 0.25) is 0 Å². The molecule has 0 spiro atoms. The lowest BCUT2D eigenvalue weighted by Crippen LogP contribution is -2.36. The van der Waals surface area contributed by atoms with Crippen LogP contribution in [0.3, 0.4) is 0 Å². The number of carbonyl (C=O) groups is 1. The summed E-state index contributed by atoms with van der Waals surface area (Å²) >= 11 is 0. The number of esters is 1. The highest BCUT2D eigenvalue weighted by Crippen LogP contribution is 2.06. The molecule has 0 atom stereocenters. The molecule has 18 heavy (non-hydrogen) atoms. The predicted molar refractivity (Wildman–Crippen MR) is 71.4 cm³/mol. The molecule has 1 rings (SSSR count). The molecule has 1 aromatic carbocycles. The summed E-state index contributed by atoms with van der Waals surface area (Å²) in [6.07, 6.45) is 0. The maximum absolute atomic E-state index is 11.2. The molecule has 0 radical (unpaired) electrons. The minimum absolute atomic E-state index is 0.260. The Kier molecular flexibility index (Phi) is 5.17. The first-order valence-electron chi connectivity index (χ1n) is 5.76. The third kappa shape index (κ3) is 4.45. The maximum atomic E-state index is 11.2. The van der Waals surface area contributed by atoms with E-state index in [4.69, 9.17) is 5.73 Å². The number of carbonyl (C=O) groups excluding carboxylic acids is 1. The van der Waals surface area contributed by atoms with Crippen LogP contribution in [0, 0.1) is 0 Å². The van der Waals surface area contributed by atoms with Crippen molar-refractivity contribution in [1.29, 1.82) is 0 Å². The van der Waals surface area contributed by atoms with Gasteiger partial charge in [-0.2, -0.15) is 0 Å². The van der Waals surface area contributed by atoms with E-state index in [1.165, 1.54) is 7.11 Å². The number of ether oxygens (including phenoxy) is 1. The fourth-order valence-electron chi connectivity index (χ4n) is 1.38. The molecule has 0 fully saturated rings. The zero-order valence-corrected chi connectivity index (χ0v) is 10.9. The molecule has 5 nitrogen and oxygen atoms in total. The molecule has 98 valence electrons. The van der Waals surface area contributed by atoms with E-state index in [1.54, 1.807) is 12.1 Å². The van der Waals surface area contributed by atoms with Crippen molar-refractivity contribution in [2.24, 2.45) is 10.7 Å². The Labute approximate surface area is 107 Å². The number of nitrogens with two attached hydrogens (primary N) is 1. The predicted octanol–water partition coefficient (Wildman–Crippen LogP) is 1.29. The molecule has 3 N–H and O–H groups in total. The molecule has 0 saturated heterocycles. The number of nitrogens with one attached hydrogen (secondary N) is 1. The van der Waals surface area contributed by atoms with Crippen LogP contribution in [0.1, 0.15) is 29.8 Å². The summed E-state index contributed by atoms with van der Waals surface area (Å²) in [5.41, 5.74) is 7.20. The van der Waals surface area contributed by atoms with Crippen LogP contribution in [0.15, 0.2) is 29.3 Å². The van der Waals surface area contributed by atoms with Gasteiger partial charge in [0.2, 0.25) is 0 Å². The van der Waals surface area contributed by atoms with Crippen LogP contribution in [0.4, 0.5) is 0 Å². The van der Waals surface area contributed by atoms with Gasteiger partial charge in [-0.1, -0.05) is 12.1 Å². The third-order valence-corrected chi connectivity index (χ3v) is 2.24. The number of rotatable bonds is 4. The van der Waals surface area contributed by atoms with E-state index < -0.39 is 0 Å². The van der Waals surface area contributed by atoms with Crippen molar-refractivity contribution in [1.82, 2.24) is 5.32 Å². The Morgan fingerprint density at radius 3 is 2.50 bits per heavy atom. The molecule has 0 aliphatic rings. The minimum Gasteiger partial charge on any atom is -0.465 e. The van der Waals surface area contributed by atoms with Crippen molar-refractivity contribution >= 4 is 11.9 Å². The molecule has 0 aliphatic heterocycles. The zero-order valence-electron chi connectivity index (χ0n) is 10.9.